The fraction of sp³-hybridized carbons (Fsp3) is 0.625. The number of carbonyl (C=O) groups is 3. The van der Waals surface area contributed by atoms with E-state index in [9.17, 15) is 18.8 Å². The molecular formula is C32H45FN6O3S. The van der Waals surface area contributed by atoms with Crippen molar-refractivity contribution in [1.82, 2.24) is 25.0 Å². The van der Waals surface area contributed by atoms with E-state index in [0.29, 0.717) is 33.6 Å². The Kier molecular flexibility index (Phi) is 10.5. The number of aromatic nitrogens is 1. The van der Waals surface area contributed by atoms with E-state index in [1.165, 1.54) is 30.2 Å². The minimum atomic E-state index is -0.292. The van der Waals surface area contributed by atoms with Crippen molar-refractivity contribution in [3.63, 3.8) is 0 Å². The average molecular weight is 613 g/mol. The van der Waals surface area contributed by atoms with Gasteiger partial charge in [-0.05, 0) is 88.1 Å². The van der Waals surface area contributed by atoms with Gasteiger partial charge in [-0.3, -0.25) is 19.8 Å². The molecule has 3 atom stereocenters. The highest BCUT2D eigenvalue weighted by Crippen LogP contribution is 2.28. The van der Waals surface area contributed by atoms with Gasteiger partial charge in [0.1, 0.15) is 5.82 Å². The van der Waals surface area contributed by atoms with E-state index in [4.69, 9.17) is 0 Å². The number of likely N-dealkylation sites (tertiary alicyclic amines) is 3. The summed E-state index contributed by atoms with van der Waals surface area (Å²) < 4.78 is 13.4. The van der Waals surface area contributed by atoms with Gasteiger partial charge in [-0.2, -0.15) is 0 Å². The Labute approximate surface area is 258 Å². The number of amides is 3. The number of benzene rings is 1. The third-order valence-electron chi connectivity index (χ3n) is 9.40. The summed E-state index contributed by atoms with van der Waals surface area (Å²) in [5.74, 6) is 0.718. The number of anilines is 1. The molecule has 234 valence electrons. The number of piperidine rings is 3. The maximum atomic E-state index is 13.4. The first-order valence-corrected chi connectivity index (χ1v) is 16.5. The Balaban J connectivity index is 1.23. The van der Waals surface area contributed by atoms with Crippen molar-refractivity contribution in [3.05, 3.63) is 46.2 Å². The van der Waals surface area contributed by atoms with Gasteiger partial charge in [0.05, 0.1) is 10.6 Å². The first-order valence-electron chi connectivity index (χ1n) is 15.7. The molecule has 3 fully saturated rings. The van der Waals surface area contributed by atoms with Crippen molar-refractivity contribution >= 4 is 34.2 Å². The number of urea groups is 1. The Hall–Kier alpha value is -2.89. The molecule has 0 saturated carbocycles. The van der Waals surface area contributed by atoms with Gasteiger partial charge in [-0.1, -0.05) is 23.5 Å². The highest BCUT2D eigenvalue weighted by Gasteiger charge is 2.36. The van der Waals surface area contributed by atoms with E-state index in [0.717, 1.165) is 77.9 Å². The van der Waals surface area contributed by atoms with Crippen molar-refractivity contribution in [2.45, 2.75) is 71.4 Å². The predicted octanol–water partition coefficient (Wildman–Crippen LogP) is 4.57. The quantitative estimate of drug-likeness (QED) is 0.424. The van der Waals surface area contributed by atoms with Gasteiger partial charge in [-0.15, -0.1) is 0 Å². The van der Waals surface area contributed by atoms with Crippen LogP contribution in [0.1, 0.15) is 66.9 Å². The summed E-state index contributed by atoms with van der Waals surface area (Å²) in [6.45, 7) is 11.2. The highest BCUT2D eigenvalue weighted by molar-refractivity contribution is 7.17. The number of ketones is 1. The molecule has 3 amide bonds. The van der Waals surface area contributed by atoms with E-state index < -0.39 is 0 Å². The summed E-state index contributed by atoms with van der Waals surface area (Å²) in [5.41, 5.74) is 1.81. The maximum absolute atomic E-state index is 13.4. The summed E-state index contributed by atoms with van der Waals surface area (Å²) in [6.07, 6.45) is 6.15. The van der Waals surface area contributed by atoms with E-state index in [1.54, 1.807) is 26.0 Å². The summed E-state index contributed by atoms with van der Waals surface area (Å²) in [5, 5.41) is 6.59. The van der Waals surface area contributed by atoms with Crippen LogP contribution in [0.25, 0.3) is 0 Å². The summed E-state index contributed by atoms with van der Waals surface area (Å²) in [7, 11) is 0. The normalized spacial score (nSPS) is 24.1. The molecule has 11 heteroatoms. The molecule has 3 aliphatic rings. The first kappa shape index (κ1) is 31.5. The second-order valence-corrected chi connectivity index (χ2v) is 13.6. The Bertz CT molecular complexity index is 1280. The lowest BCUT2D eigenvalue weighted by molar-refractivity contribution is -0.130. The van der Waals surface area contributed by atoms with Crippen molar-refractivity contribution < 1.29 is 18.8 Å². The number of Topliss-reactive ketones (excluding diaryl/α,β-unsaturated/α-hetero) is 1. The summed E-state index contributed by atoms with van der Waals surface area (Å²) in [4.78, 5) is 48.9. The number of rotatable bonds is 8. The summed E-state index contributed by atoms with van der Waals surface area (Å²) in [6, 6.07) is 6.95. The minimum Gasteiger partial charge on any atom is -0.343 e. The van der Waals surface area contributed by atoms with Crippen molar-refractivity contribution in [3.8, 4) is 0 Å². The molecule has 3 aliphatic heterocycles. The molecule has 1 aromatic heterocycles. The molecule has 0 bridgehead atoms. The van der Waals surface area contributed by atoms with E-state index in [1.807, 2.05) is 17.0 Å². The van der Waals surface area contributed by atoms with Gasteiger partial charge < -0.3 is 15.1 Å². The second kappa shape index (κ2) is 14.3. The van der Waals surface area contributed by atoms with Crippen LogP contribution in [0.5, 0.6) is 0 Å². The third kappa shape index (κ3) is 8.39. The molecule has 0 aliphatic carbocycles. The average Bonchev–Trinajstić information content (AvgIpc) is 3.35. The Morgan fingerprint density at radius 1 is 1.00 bits per heavy atom. The molecular weight excluding hydrogens is 567 g/mol. The van der Waals surface area contributed by atoms with Gasteiger partial charge in [0.2, 0.25) is 5.91 Å². The van der Waals surface area contributed by atoms with Crippen molar-refractivity contribution in [1.29, 1.82) is 0 Å². The van der Waals surface area contributed by atoms with Gasteiger partial charge in [0, 0.05) is 58.7 Å². The topological polar surface area (TPSA) is 97.9 Å². The molecule has 9 nitrogen and oxygen atoms in total. The smallest absolute Gasteiger partial charge is 0.321 e. The molecule has 1 aromatic carbocycles. The van der Waals surface area contributed by atoms with Gasteiger partial charge in [-0.25, -0.2) is 14.2 Å². The van der Waals surface area contributed by atoms with Crippen molar-refractivity contribution in [2.24, 2.45) is 11.8 Å². The molecule has 5 rings (SSSR count). The zero-order chi connectivity index (χ0) is 30.5. The number of aryl methyl sites for hydroxylation is 1. The lowest BCUT2D eigenvalue weighted by atomic mass is 9.86. The zero-order valence-electron chi connectivity index (χ0n) is 25.6. The standard InChI is InChI=1S/C32H45FN6O3S/c1-21-30(22(2)40)43-32(34-21)36-31(42)35-29-20-39(28-11-15-38(16-12-28)23(3)41)14-10-26(29)19-37-13-4-5-25(18-37)17-24-6-8-27(33)9-7-24/h6-9,25-26,28-29H,4-5,10-20H2,1-3H3,(H2,34,35,36,42)/t25-,26-,29+/m0/s1. The maximum Gasteiger partial charge on any atom is 0.321 e. The SMILES string of the molecule is CC(=O)c1sc(NC(=O)N[C@@H]2CN(C3CCN(C(C)=O)CC3)CC[C@H]2CN2CCC[C@@H](Cc3ccc(F)cc3)C2)nc1C. The number of hydrogen-bond donors (Lipinski definition) is 2. The van der Waals surface area contributed by atoms with Crippen LogP contribution in [0.15, 0.2) is 24.3 Å². The van der Waals surface area contributed by atoms with E-state index >= 15 is 0 Å². The first-order chi connectivity index (χ1) is 20.6. The van der Waals surface area contributed by atoms with E-state index in [-0.39, 0.29) is 29.6 Å². The Morgan fingerprint density at radius 3 is 2.42 bits per heavy atom. The van der Waals surface area contributed by atoms with Crippen LogP contribution < -0.4 is 10.6 Å². The van der Waals surface area contributed by atoms with Crippen molar-refractivity contribution in [2.75, 3.05) is 51.1 Å². The molecule has 0 unspecified atom stereocenters. The lowest BCUT2D eigenvalue weighted by Crippen LogP contribution is -2.59. The molecule has 0 radical (unpaired) electrons. The number of nitrogens with zero attached hydrogens (tertiary/aromatic N) is 4. The third-order valence-corrected chi connectivity index (χ3v) is 10.6. The van der Waals surface area contributed by atoms with Crippen LogP contribution in [-0.2, 0) is 11.2 Å². The highest BCUT2D eigenvalue weighted by atomic mass is 32.1. The van der Waals surface area contributed by atoms with Gasteiger partial charge in [0.25, 0.3) is 0 Å². The molecule has 2 aromatic rings. The summed E-state index contributed by atoms with van der Waals surface area (Å²) >= 11 is 1.21. The number of halogens is 1. The van der Waals surface area contributed by atoms with Crippen LogP contribution in [0.3, 0.4) is 0 Å². The van der Waals surface area contributed by atoms with Crippen LogP contribution >= 0.6 is 11.3 Å². The molecule has 3 saturated heterocycles. The zero-order valence-corrected chi connectivity index (χ0v) is 26.4. The van der Waals surface area contributed by atoms with Gasteiger partial charge in [0.15, 0.2) is 10.9 Å². The molecule has 4 heterocycles. The number of nitrogens with one attached hydrogen (secondary N) is 2. The predicted molar refractivity (Wildman–Crippen MR) is 167 cm³/mol. The fourth-order valence-corrected chi connectivity index (χ4v) is 7.99. The van der Waals surface area contributed by atoms with Crippen LogP contribution in [-0.4, -0.2) is 95.3 Å². The van der Waals surface area contributed by atoms with Crippen LogP contribution in [0.2, 0.25) is 0 Å². The molecule has 0 spiro atoms. The molecule has 2 N–H and O–H groups in total. The Morgan fingerprint density at radius 2 is 1.74 bits per heavy atom. The monoisotopic (exact) mass is 612 g/mol. The fourth-order valence-electron chi connectivity index (χ4n) is 7.13. The van der Waals surface area contributed by atoms with Gasteiger partial charge >= 0.3 is 6.03 Å². The lowest BCUT2D eigenvalue weighted by Gasteiger charge is -2.46. The molecule has 43 heavy (non-hydrogen) atoms. The van der Waals surface area contributed by atoms with Crippen LogP contribution in [0, 0.1) is 24.6 Å². The largest absolute Gasteiger partial charge is 0.343 e. The van der Waals surface area contributed by atoms with E-state index in [2.05, 4.69) is 25.4 Å². The van der Waals surface area contributed by atoms with Crippen LogP contribution in [0.4, 0.5) is 14.3 Å². The number of hydrogen-bond acceptors (Lipinski definition) is 7. The minimum absolute atomic E-state index is 0.0367. The second-order valence-electron chi connectivity index (χ2n) is 12.6. The number of thiazole rings is 1. The number of carbonyl (C=O) groups excluding carboxylic acids is 3.